The van der Waals surface area contributed by atoms with Crippen LogP contribution in [0.15, 0.2) is 44.6 Å². The van der Waals surface area contributed by atoms with Gasteiger partial charge in [-0.2, -0.15) is 11.3 Å². The number of hydrogen-bond acceptors (Lipinski definition) is 5. The van der Waals surface area contributed by atoms with Crippen molar-refractivity contribution in [3.8, 4) is 0 Å². The number of rotatable bonds is 8. The maximum absolute atomic E-state index is 10.7. The van der Waals surface area contributed by atoms with Gasteiger partial charge in [-0.25, -0.2) is 4.99 Å². The van der Waals surface area contributed by atoms with E-state index in [9.17, 15) is 5.11 Å². The molecule has 2 atom stereocenters. The summed E-state index contributed by atoms with van der Waals surface area (Å²) in [4.78, 5) is 4.61. The van der Waals surface area contributed by atoms with Gasteiger partial charge in [0.25, 0.3) is 0 Å². The Labute approximate surface area is 181 Å². The lowest BCUT2D eigenvalue weighted by atomic mass is 10.00. The van der Waals surface area contributed by atoms with Gasteiger partial charge >= 0.3 is 0 Å². The summed E-state index contributed by atoms with van der Waals surface area (Å²) < 4.78 is 10.8. The molecule has 150 valence electrons. The highest BCUT2D eigenvalue weighted by molar-refractivity contribution is 14.0. The summed E-state index contributed by atoms with van der Waals surface area (Å²) in [7, 11) is 0. The maximum atomic E-state index is 10.7. The number of hydrogen-bond donors (Lipinski definition) is 3. The molecule has 3 N–H and O–H groups in total. The Morgan fingerprint density at radius 1 is 1.41 bits per heavy atom. The van der Waals surface area contributed by atoms with Crippen LogP contribution in [0, 0.1) is 5.92 Å². The van der Waals surface area contributed by atoms with Crippen molar-refractivity contribution < 1.29 is 14.3 Å². The van der Waals surface area contributed by atoms with Crippen LogP contribution < -0.4 is 10.6 Å². The van der Waals surface area contributed by atoms with Crippen molar-refractivity contribution in [2.45, 2.75) is 25.4 Å². The fraction of sp³-hybridized carbons (Fsp3) is 0.526. The van der Waals surface area contributed by atoms with E-state index in [1.54, 1.807) is 24.5 Å². The molecule has 0 bridgehead atoms. The molecule has 2 unspecified atom stereocenters. The molecule has 0 saturated carbocycles. The monoisotopic (exact) mass is 505 g/mol. The lowest BCUT2D eigenvalue weighted by molar-refractivity contribution is 0.0677. The molecule has 0 aliphatic carbocycles. The molecule has 1 aliphatic rings. The summed E-state index contributed by atoms with van der Waals surface area (Å²) in [6.07, 6.45) is 3.53. The van der Waals surface area contributed by atoms with Crippen molar-refractivity contribution in [2.24, 2.45) is 10.9 Å². The lowest BCUT2D eigenvalue weighted by Crippen LogP contribution is -2.42. The largest absolute Gasteiger partial charge is 0.469 e. The Morgan fingerprint density at radius 2 is 2.30 bits per heavy atom. The van der Waals surface area contributed by atoms with Crippen molar-refractivity contribution >= 4 is 41.3 Å². The third kappa shape index (κ3) is 7.10. The Balaban J connectivity index is 0.00000261. The fourth-order valence-corrected chi connectivity index (χ4v) is 3.60. The molecule has 0 radical (unpaired) electrons. The van der Waals surface area contributed by atoms with Crippen LogP contribution in [0.2, 0.25) is 0 Å². The SMILES string of the molecule is CC(O)(CN=C(NCCc1ccco1)NCC1CCOC1)c1ccsc1.I. The van der Waals surface area contributed by atoms with Gasteiger partial charge in [0.15, 0.2) is 5.96 Å². The molecular formula is C19H28IN3O3S. The zero-order valence-electron chi connectivity index (χ0n) is 15.5. The first-order valence-electron chi connectivity index (χ1n) is 9.01. The van der Waals surface area contributed by atoms with E-state index >= 15 is 0 Å². The number of ether oxygens (including phenoxy) is 1. The molecule has 1 saturated heterocycles. The standard InChI is InChI=1S/C19H27N3O3S.HI/c1-19(23,16-6-10-26-13-16)14-22-18(21-11-15-5-9-24-12-15)20-7-4-17-3-2-8-25-17;/h2-3,6,8,10,13,15,23H,4-5,7,9,11-12,14H2,1H3,(H2,20,21,22);1H. The molecule has 0 aromatic carbocycles. The molecule has 3 rings (SSSR count). The number of nitrogens with one attached hydrogen (secondary N) is 2. The van der Waals surface area contributed by atoms with Crippen molar-refractivity contribution in [3.05, 3.63) is 46.5 Å². The topological polar surface area (TPSA) is 79.0 Å². The third-order valence-electron chi connectivity index (χ3n) is 4.51. The van der Waals surface area contributed by atoms with E-state index in [0.717, 1.165) is 43.9 Å². The first-order valence-corrected chi connectivity index (χ1v) is 9.95. The molecule has 2 aromatic rings. The minimum absolute atomic E-state index is 0. The van der Waals surface area contributed by atoms with E-state index in [0.29, 0.717) is 25.0 Å². The normalized spacial score (nSPS) is 19.3. The minimum Gasteiger partial charge on any atom is -0.469 e. The molecule has 3 heterocycles. The number of guanidine groups is 1. The van der Waals surface area contributed by atoms with E-state index in [2.05, 4.69) is 15.6 Å². The van der Waals surface area contributed by atoms with Crippen LogP contribution in [0.5, 0.6) is 0 Å². The van der Waals surface area contributed by atoms with Gasteiger partial charge in [-0.15, -0.1) is 24.0 Å². The second-order valence-electron chi connectivity index (χ2n) is 6.82. The fourth-order valence-electron chi connectivity index (χ4n) is 2.81. The van der Waals surface area contributed by atoms with Gasteiger partial charge in [0.05, 0.1) is 19.4 Å². The first kappa shape index (κ1) is 22.2. The van der Waals surface area contributed by atoms with Crippen LogP contribution in [-0.4, -0.2) is 43.9 Å². The summed E-state index contributed by atoms with van der Waals surface area (Å²) in [5.74, 6) is 2.15. The second-order valence-corrected chi connectivity index (χ2v) is 7.60. The van der Waals surface area contributed by atoms with Crippen molar-refractivity contribution in [3.63, 3.8) is 0 Å². The Bertz CT molecular complexity index is 668. The van der Waals surface area contributed by atoms with E-state index in [1.165, 1.54) is 0 Å². The van der Waals surface area contributed by atoms with Crippen LogP contribution in [0.3, 0.4) is 0 Å². The Kier molecular flexibility index (Phi) is 9.07. The summed E-state index contributed by atoms with van der Waals surface area (Å²) in [5, 5.41) is 21.3. The summed E-state index contributed by atoms with van der Waals surface area (Å²) in [6, 6.07) is 5.79. The van der Waals surface area contributed by atoms with E-state index in [1.807, 2.05) is 29.0 Å². The average molecular weight is 505 g/mol. The molecular weight excluding hydrogens is 477 g/mol. The Hall–Kier alpha value is -1.10. The highest BCUT2D eigenvalue weighted by Gasteiger charge is 2.23. The lowest BCUT2D eigenvalue weighted by Gasteiger charge is -2.21. The van der Waals surface area contributed by atoms with Crippen LogP contribution in [0.25, 0.3) is 0 Å². The van der Waals surface area contributed by atoms with Gasteiger partial charge in [0, 0.05) is 32.0 Å². The number of halogens is 1. The number of furan rings is 1. The van der Waals surface area contributed by atoms with Crippen LogP contribution >= 0.6 is 35.3 Å². The van der Waals surface area contributed by atoms with Crippen molar-refractivity contribution in [1.29, 1.82) is 0 Å². The number of thiophene rings is 1. The molecule has 1 aliphatic heterocycles. The Morgan fingerprint density at radius 3 is 2.96 bits per heavy atom. The van der Waals surface area contributed by atoms with Gasteiger partial charge in [0.1, 0.15) is 11.4 Å². The van der Waals surface area contributed by atoms with E-state index < -0.39 is 5.60 Å². The smallest absolute Gasteiger partial charge is 0.191 e. The average Bonchev–Trinajstić information content (AvgIpc) is 3.40. The highest BCUT2D eigenvalue weighted by Crippen LogP contribution is 2.23. The van der Waals surface area contributed by atoms with Crippen molar-refractivity contribution in [1.82, 2.24) is 10.6 Å². The zero-order valence-corrected chi connectivity index (χ0v) is 18.7. The summed E-state index contributed by atoms with van der Waals surface area (Å²) in [5.41, 5.74) is -0.0862. The zero-order chi connectivity index (χ0) is 18.2. The second kappa shape index (κ2) is 11.0. The van der Waals surface area contributed by atoms with Crippen LogP contribution in [0.4, 0.5) is 0 Å². The van der Waals surface area contributed by atoms with E-state index in [-0.39, 0.29) is 24.0 Å². The first-order chi connectivity index (χ1) is 12.6. The number of nitrogens with zero attached hydrogens (tertiary/aromatic N) is 1. The molecule has 6 nitrogen and oxygen atoms in total. The molecule has 1 fully saturated rings. The number of aliphatic hydroxyl groups is 1. The predicted molar refractivity (Wildman–Crippen MR) is 119 cm³/mol. The van der Waals surface area contributed by atoms with Gasteiger partial charge in [0.2, 0.25) is 0 Å². The van der Waals surface area contributed by atoms with Gasteiger partial charge in [-0.1, -0.05) is 0 Å². The van der Waals surface area contributed by atoms with E-state index in [4.69, 9.17) is 9.15 Å². The quantitative estimate of drug-likeness (QED) is 0.292. The van der Waals surface area contributed by atoms with Gasteiger partial charge in [-0.3, -0.25) is 0 Å². The predicted octanol–water partition coefficient (Wildman–Crippen LogP) is 2.98. The maximum Gasteiger partial charge on any atom is 0.191 e. The van der Waals surface area contributed by atoms with Crippen LogP contribution in [-0.2, 0) is 16.8 Å². The van der Waals surface area contributed by atoms with Gasteiger partial charge < -0.3 is 24.9 Å². The number of aliphatic imine (C=N–C) groups is 1. The molecule has 0 amide bonds. The summed E-state index contributed by atoms with van der Waals surface area (Å²) >= 11 is 1.58. The van der Waals surface area contributed by atoms with Gasteiger partial charge in [-0.05, 0) is 47.9 Å². The third-order valence-corrected chi connectivity index (χ3v) is 5.20. The molecule has 27 heavy (non-hydrogen) atoms. The molecule has 2 aromatic heterocycles. The minimum atomic E-state index is -0.980. The van der Waals surface area contributed by atoms with Crippen LogP contribution in [0.1, 0.15) is 24.7 Å². The summed E-state index contributed by atoms with van der Waals surface area (Å²) in [6.45, 7) is 5.23. The van der Waals surface area contributed by atoms with Crippen molar-refractivity contribution in [2.75, 3.05) is 32.8 Å². The molecule has 8 heteroatoms. The molecule has 0 spiro atoms. The highest BCUT2D eigenvalue weighted by atomic mass is 127.